The van der Waals surface area contributed by atoms with E-state index in [0.29, 0.717) is 5.02 Å². The highest BCUT2D eigenvalue weighted by molar-refractivity contribution is 7.99. The lowest BCUT2D eigenvalue weighted by Crippen LogP contribution is -2.32. The van der Waals surface area contributed by atoms with Crippen LogP contribution in [0.3, 0.4) is 0 Å². The van der Waals surface area contributed by atoms with Crippen LogP contribution in [-0.4, -0.2) is 0 Å². The largest absolute Gasteiger partial charge is 0.456 e. The summed E-state index contributed by atoms with van der Waals surface area (Å²) in [5.74, 6) is 0. The molecule has 0 N–H and O–H groups in total. The Morgan fingerprint density at radius 2 is 0.962 bits per heavy atom. The summed E-state index contributed by atoms with van der Waals surface area (Å²) in [6.45, 7) is 0. The van der Waals surface area contributed by atoms with E-state index < -0.39 is 5.41 Å². The first kappa shape index (κ1) is 45.7. The fraction of sp³-hybridized carbons (Fsp3) is 0.0137. The molecule has 79 heavy (non-hydrogen) atoms. The predicted molar refractivity (Wildman–Crippen MR) is 328 cm³/mol. The van der Waals surface area contributed by atoms with Gasteiger partial charge < -0.3 is 18.6 Å². The molecule has 0 amide bonds. The second-order valence-electron chi connectivity index (χ2n) is 20.4. The number of halogens is 1. The van der Waals surface area contributed by atoms with E-state index in [9.17, 15) is 0 Å². The summed E-state index contributed by atoms with van der Waals surface area (Å²) in [5.41, 5.74) is 20.4. The highest BCUT2D eigenvalue weighted by Crippen LogP contribution is 2.65. The first-order chi connectivity index (χ1) is 39.1. The highest BCUT2D eigenvalue weighted by Gasteiger charge is 2.51. The van der Waals surface area contributed by atoms with E-state index in [-0.39, 0.29) is 0 Å². The van der Waals surface area contributed by atoms with Crippen LogP contribution in [0, 0.1) is 0 Å². The lowest BCUT2D eigenvalue weighted by Gasteiger charge is -2.42. The van der Waals surface area contributed by atoms with Gasteiger partial charge in [0, 0.05) is 59.3 Å². The summed E-state index contributed by atoms with van der Waals surface area (Å²) in [6, 6.07) is 98.2. The molecule has 1 aliphatic carbocycles. The summed E-state index contributed by atoms with van der Waals surface area (Å²) >= 11 is 8.86. The number of para-hydroxylation sites is 4. The van der Waals surface area contributed by atoms with Crippen molar-refractivity contribution < 1.29 is 8.83 Å². The third-order valence-electron chi connectivity index (χ3n) is 16.1. The van der Waals surface area contributed by atoms with Crippen molar-refractivity contribution in [1.82, 2.24) is 0 Å². The molecule has 4 nitrogen and oxygen atoms in total. The van der Waals surface area contributed by atoms with Crippen molar-refractivity contribution in [3.05, 3.63) is 300 Å². The van der Waals surface area contributed by atoms with Crippen molar-refractivity contribution >= 4 is 101 Å². The molecule has 16 rings (SSSR count). The van der Waals surface area contributed by atoms with Crippen LogP contribution < -0.4 is 9.80 Å². The monoisotopic (exact) mass is 1050 g/mol. The summed E-state index contributed by atoms with van der Waals surface area (Å²) in [7, 11) is 0. The van der Waals surface area contributed by atoms with Gasteiger partial charge in [-0.2, -0.15) is 0 Å². The first-order valence-corrected chi connectivity index (χ1v) is 27.9. The average molecular weight is 1050 g/mol. The molecular formula is C73H45ClN2O2S. The van der Waals surface area contributed by atoms with Gasteiger partial charge in [-0.3, -0.25) is 0 Å². The Morgan fingerprint density at radius 1 is 0.342 bits per heavy atom. The molecule has 0 saturated heterocycles. The maximum atomic E-state index is 7.01. The zero-order chi connectivity index (χ0) is 52.2. The molecule has 6 heteroatoms. The van der Waals surface area contributed by atoms with Crippen LogP contribution in [-0.2, 0) is 5.41 Å². The second-order valence-corrected chi connectivity index (χ2v) is 21.9. The molecule has 0 radical (unpaired) electrons. The van der Waals surface area contributed by atoms with Crippen LogP contribution in [0.1, 0.15) is 22.3 Å². The average Bonchev–Trinajstić information content (AvgIpc) is 3.15. The molecule has 0 bridgehead atoms. The van der Waals surface area contributed by atoms with Gasteiger partial charge in [0.15, 0.2) is 0 Å². The molecule has 14 aromatic rings. The van der Waals surface area contributed by atoms with Crippen molar-refractivity contribution in [2.45, 2.75) is 15.2 Å². The predicted octanol–water partition coefficient (Wildman–Crippen LogP) is 21.2. The molecular weight excluding hydrogens is 1000 g/mol. The topological polar surface area (TPSA) is 32.8 Å². The van der Waals surface area contributed by atoms with Crippen LogP contribution in [0.15, 0.2) is 292 Å². The molecule has 3 heterocycles. The van der Waals surface area contributed by atoms with E-state index in [1.165, 1.54) is 27.8 Å². The van der Waals surface area contributed by atoms with E-state index in [0.717, 1.165) is 116 Å². The van der Waals surface area contributed by atoms with E-state index >= 15 is 0 Å². The molecule has 12 aromatic carbocycles. The van der Waals surface area contributed by atoms with Gasteiger partial charge in [-0.05, 0) is 141 Å². The Bertz CT molecular complexity index is 4730. The minimum absolute atomic E-state index is 0.709. The van der Waals surface area contributed by atoms with Crippen molar-refractivity contribution in [2.24, 2.45) is 0 Å². The Labute approximate surface area is 466 Å². The molecule has 2 aromatic heterocycles. The van der Waals surface area contributed by atoms with Gasteiger partial charge in [-0.1, -0.05) is 205 Å². The third kappa shape index (κ3) is 7.03. The number of nitrogens with zero attached hydrogens (tertiary/aromatic N) is 2. The van der Waals surface area contributed by atoms with Crippen LogP contribution in [0.4, 0.5) is 34.1 Å². The van der Waals surface area contributed by atoms with Crippen LogP contribution in [0.2, 0.25) is 5.02 Å². The standard InChI is InChI=1S/C73H45ClN2O2S/c74-49-36-38-61-58(42-49)54-28-13-16-31-60(54)73(61)62-39-37-52(75(50-24-9-3-10-25-50)53-43-57(47-22-7-2-8-23-47)71-59(44-53)55-29-14-17-34-66(55)78-71)45-69(62)79-72-63(73)32-19-33-64(72)76(51-26-11-4-12-27-51)65-40-48(46-20-5-1-6-21-46)41-68-70(65)56-30-15-18-35-67(56)77-68/h1-45H. The molecule has 1 aliphatic heterocycles. The van der Waals surface area contributed by atoms with Crippen LogP contribution in [0.25, 0.3) is 77.3 Å². The smallest absolute Gasteiger partial charge is 0.143 e. The van der Waals surface area contributed by atoms with Crippen LogP contribution >= 0.6 is 23.4 Å². The maximum Gasteiger partial charge on any atom is 0.143 e. The minimum atomic E-state index is -0.723. The fourth-order valence-corrected chi connectivity index (χ4v) is 14.3. The summed E-state index contributed by atoms with van der Waals surface area (Å²) in [4.78, 5) is 7.19. The molecule has 1 spiro atoms. The van der Waals surface area contributed by atoms with Gasteiger partial charge in [0.25, 0.3) is 0 Å². The lowest BCUT2D eigenvalue weighted by molar-refractivity contribution is 0.669. The zero-order valence-corrected chi connectivity index (χ0v) is 44.1. The first-order valence-electron chi connectivity index (χ1n) is 26.7. The van der Waals surface area contributed by atoms with E-state index in [4.69, 9.17) is 20.4 Å². The number of fused-ring (bicyclic) bond motifs is 15. The number of furan rings is 2. The van der Waals surface area contributed by atoms with Crippen molar-refractivity contribution in [3.63, 3.8) is 0 Å². The summed E-state index contributed by atoms with van der Waals surface area (Å²) in [5, 5.41) is 4.96. The van der Waals surface area contributed by atoms with Gasteiger partial charge in [-0.25, -0.2) is 0 Å². The molecule has 372 valence electrons. The van der Waals surface area contributed by atoms with Crippen molar-refractivity contribution in [3.8, 4) is 33.4 Å². The molecule has 1 unspecified atom stereocenters. The Morgan fingerprint density at radius 3 is 1.73 bits per heavy atom. The van der Waals surface area contributed by atoms with Gasteiger partial charge in [-0.15, -0.1) is 0 Å². The maximum absolute atomic E-state index is 7.01. The third-order valence-corrected chi connectivity index (χ3v) is 17.6. The van der Waals surface area contributed by atoms with E-state index in [1.54, 1.807) is 0 Å². The Hall–Kier alpha value is -9.52. The highest BCUT2D eigenvalue weighted by atomic mass is 35.5. The Balaban J connectivity index is 0.983. The van der Waals surface area contributed by atoms with Crippen molar-refractivity contribution in [1.29, 1.82) is 0 Å². The lowest BCUT2D eigenvalue weighted by atomic mass is 9.67. The van der Waals surface area contributed by atoms with Gasteiger partial charge in [0.1, 0.15) is 22.3 Å². The number of hydrogen-bond acceptors (Lipinski definition) is 5. The molecule has 0 saturated carbocycles. The van der Waals surface area contributed by atoms with E-state index in [1.807, 2.05) is 17.8 Å². The summed E-state index contributed by atoms with van der Waals surface area (Å²) in [6.07, 6.45) is 0. The second kappa shape index (κ2) is 18.0. The molecule has 0 fully saturated rings. The minimum Gasteiger partial charge on any atom is -0.456 e. The number of benzene rings is 12. The van der Waals surface area contributed by atoms with Gasteiger partial charge >= 0.3 is 0 Å². The number of hydrogen-bond donors (Lipinski definition) is 0. The normalized spacial score (nSPS) is 14.1. The Kier molecular flexibility index (Phi) is 10.4. The number of rotatable bonds is 8. The van der Waals surface area contributed by atoms with Crippen LogP contribution in [0.5, 0.6) is 0 Å². The molecule has 2 aliphatic rings. The van der Waals surface area contributed by atoms with Gasteiger partial charge in [0.2, 0.25) is 0 Å². The van der Waals surface area contributed by atoms with E-state index in [2.05, 4.69) is 277 Å². The summed E-state index contributed by atoms with van der Waals surface area (Å²) < 4.78 is 13.6. The molecule has 1 atom stereocenters. The zero-order valence-electron chi connectivity index (χ0n) is 42.5. The van der Waals surface area contributed by atoms with Gasteiger partial charge in [0.05, 0.1) is 22.2 Å². The van der Waals surface area contributed by atoms with Crippen molar-refractivity contribution in [2.75, 3.05) is 9.80 Å². The SMILES string of the molecule is Clc1ccc2c(c1)-c1ccccc1C21c2ccc(N(c3ccccc3)c3cc(-c4ccccc4)c4oc5ccccc5c4c3)cc2Sc2c(N(c3ccccc3)c3cc(-c4ccccc4)cc4oc5ccccc5c34)cccc21. The number of anilines is 6. The fourth-order valence-electron chi connectivity index (χ4n) is 12.8. The quantitative estimate of drug-likeness (QED) is 0.151.